The van der Waals surface area contributed by atoms with Crippen LogP contribution in [0.1, 0.15) is 46.1 Å². The lowest BCUT2D eigenvalue weighted by molar-refractivity contribution is 0.229. The number of phenols is 1. The zero-order valence-corrected chi connectivity index (χ0v) is 22.7. The van der Waals surface area contributed by atoms with E-state index < -0.39 is 0 Å². The van der Waals surface area contributed by atoms with Crippen molar-refractivity contribution in [1.29, 1.82) is 0 Å². The molecule has 190 valence electrons. The van der Waals surface area contributed by atoms with Crippen LogP contribution in [-0.2, 0) is 0 Å². The normalized spacial score (nSPS) is 16.3. The number of aromatic hydroxyl groups is 1. The van der Waals surface area contributed by atoms with E-state index in [0.717, 1.165) is 45.4 Å². The van der Waals surface area contributed by atoms with Crippen molar-refractivity contribution in [3.05, 3.63) is 84.4 Å². The number of phenolic OH excluding ortho intramolecular Hbond substituents is 1. The molecule has 4 aromatic carbocycles. The number of fused-ring (bicyclic) bond motifs is 1. The Bertz CT molecular complexity index is 1490. The van der Waals surface area contributed by atoms with Crippen molar-refractivity contribution in [1.82, 2.24) is 0 Å². The Balaban J connectivity index is 1.74. The van der Waals surface area contributed by atoms with Crippen LogP contribution in [0.5, 0.6) is 17.2 Å². The summed E-state index contributed by atoms with van der Waals surface area (Å²) in [6.45, 7) is 9.40. The molecule has 0 aliphatic heterocycles. The van der Waals surface area contributed by atoms with Gasteiger partial charge in [0.25, 0.3) is 0 Å². The van der Waals surface area contributed by atoms with Crippen molar-refractivity contribution in [2.24, 2.45) is 10.8 Å². The first-order valence-corrected chi connectivity index (χ1v) is 12.9. The van der Waals surface area contributed by atoms with Gasteiger partial charge in [-0.2, -0.15) is 0 Å². The summed E-state index contributed by atoms with van der Waals surface area (Å²) in [4.78, 5) is 0. The topological polar surface area (TPSA) is 38.7 Å². The molecule has 5 rings (SSSR count). The van der Waals surface area contributed by atoms with E-state index in [1.807, 2.05) is 36.4 Å². The number of allylic oxidation sites excluding steroid dienone is 2. The minimum absolute atomic E-state index is 0.135. The summed E-state index contributed by atoms with van der Waals surface area (Å²) in [7, 11) is 3.34. The summed E-state index contributed by atoms with van der Waals surface area (Å²) in [5.74, 6) is 1.77. The van der Waals surface area contributed by atoms with Gasteiger partial charge in [-0.05, 0) is 87.2 Å². The van der Waals surface area contributed by atoms with Crippen LogP contribution in [0.2, 0.25) is 0 Å². The smallest absolute Gasteiger partial charge is 0.127 e. The molecule has 0 heterocycles. The summed E-state index contributed by atoms with van der Waals surface area (Å²) in [6, 6.07) is 24.6. The van der Waals surface area contributed by atoms with Crippen LogP contribution < -0.4 is 9.47 Å². The third-order valence-corrected chi connectivity index (χ3v) is 7.45. The summed E-state index contributed by atoms with van der Waals surface area (Å²) < 4.78 is 11.1. The molecule has 0 saturated heterocycles. The maximum absolute atomic E-state index is 10.9. The minimum atomic E-state index is 0.135. The Morgan fingerprint density at radius 1 is 0.703 bits per heavy atom. The highest BCUT2D eigenvalue weighted by Gasteiger charge is 2.34. The highest BCUT2D eigenvalue weighted by Crippen LogP contribution is 2.50. The molecule has 3 heteroatoms. The van der Waals surface area contributed by atoms with Crippen molar-refractivity contribution in [3.8, 4) is 39.5 Å². The Labute approximate surface area is 220 Å². The van der Waals surface area contributed by atoms with E-state index in [1.54, 1.807) is 20.3 Å². The second kappa shape index (κ2) is 9.30. The molecule has 1 aliphatic carbocycles. The molecule has 3 nitrogen and oxygen atoms in total. The summed E-state index contributed by atoms with van der Waals surface area (Å²) in [5.41, 5.74) is 7.30. The van der Waals surface area contributed by atoms with Crippen LogP contribution in [0.4, 0.5) is 0 Å². The lowest BCUT2D eigenvalue weighted by Crippen LogP contribution is -2.26. The third kappa shape index (κ3) is 4.83. The lowest BCUT2D eigenvalue weighted by Gasteiger charge is -2.40. The molecular formula is C34H36O3. The Kier molecular flexibility index (Phi) is 6.27. The average Bonchev–Trinajstić information content (AvgIpc) is 2.86. The molecule has 0 fully saturated rings. The van der Waals surface area contributed by atoms with Gasteiger partial charge in [-0.25, -0.2) is 0 Å². The third-order valence-electron chi connectivity index (χ3n) is 7.45. The van der Waals surface area contributed by atoms with Gasteiger partial charge in [0, 0.05) is 10.9 Å². The van der Waals surface area contributed by atoms with Gasteiger partial charge in [-0.1, -0.05) is 76.2 Å². The highest BCUT2D eigenvalue weighted by molar-refractivity contribution is 6.05. The zero-order chi connectivity index (χ0) is 26.4. The molecule has 0 atom stereocenters. The number of rotatable bonds is 5. The Hall–Kier alpha value is -3.72. The quantitative estimate of drug-likeness (QED) is 0.302. The van der Waals surface area contributed by atoms with E-state index in [1.165, 1.54) is 23.1 Å². The van der Waals surface area contributed by atoms with E-state index >= 15 is 0 Å². The van der Waals surface area contributed by atoms with Gasteiger partial charge >= 0.3 is 0 Å². The van der Waals surface area contributed by atoms with Crippen LogP contribution in [-0.4, -0.2) is 19.3 Å². The molecule has 0 amide bonds. The fourth-order valence-electron chi connectivity index (χ4n) is 6.31. The number of hydrogen-bond donors (Lipinski definition) is 1. The minimum Gasteiger partial charge on any atom is -0.507 e. The molecular weight excluding hydrogens is 456 g/mol. The van der Waals surface area contributed by atoms with Crippen LogP contribution >= 0.6 is 0 Å². The van der Waals surface area contributed by atoms with Gasteiger partial charge in [0.2, 0.25) is 0 Å². The Morgan fingerprint density at radius 2 is 1.41 bits per heavy atom. The summed E-state index contributed by atoms with van der Waals surface area (Å²) >= 11 is 0. The highest BCUT2D eigenvalue weighted by atomic mass is 16.5. The van der Waals surface area contributed by atoms with Gasteiger partial charge in [-0.15, -0.1) is 0 Å². The SMILES string of the molecule is COc1ccc(-c2cc3c(-c4ccccc4C4=CC(C)(C)CC(C)(C)C4)ccc(O)c3cc2OC)cc1. The molecule has 37 heavy (non-hydrogen) atoms. The average molecular weight is 493 g/mol. The Morgan fingerprint density at radius 3 is 2.05 bits per heavy atom. The van der Waals surface area contributed by atoms with Gasteiger partial charge < -0.3 is 14.6 Å². The first kappa shape index (κ1) is 25.0. The fourth-order valence-corrected chi connectivity index (χ4v) is 6.31. The zero-order valence-electron chi connectivity index (χ0n) is 22.7. The molecule has 1 aliphatic rings. The van der Waals surface area contributed by atoms with E-state index in [-0.39, 0.29) is 16.6 Å². The molecule has 4 aromatic rings. The predicted octanol–water partition coefficient (Wildman–Crippen LogP) is 9.13. The van der Waals surface area contributed by atoms with Gasteiger partial charge in [0.1, 0.15) is 17.2 Å². The van der Waals surface area contributed by atoms with Gasteiger partial charge in [-0.3, -0.25) is 0 Å². The largest absolute Gasteiger partial charge is 0.507 e. The number of hydrogen-bond acceptors (Lipinski definition) is 3. The lowest BCUT2D eigenvalue weighted by atomic mass is 9.65. The van der Waals surface area contributed by atoms with Crippen molar-refractivity contribution < 1.29 is 14.6 Å². The maximum Gasteiger partial charge on any atom is 0.127 e. The van der Waals surface area contributed by atoms with Crippen LogP contribution in [0.15, 0.2) is 78.9 Å². The number of methoxy groups -OCH3 is 2. The molecule has 0 saturated carbocycles. The fraction of sp³-hybridized carbons (Fsp3) is 0.294. The van der Waals surface area contributed by atoms with E-state index in [4.69, 9.17) is 9.47 Å². The van der Waals surface area contributed by atoms with Gasteiger partial charge in [0.15, 0.2) is 0 Å². The van der Waals surface area contributed by atoms with Crippen LogP contribution in [0.3, 0.4) is 0 Å². The maximum atomic E-state index is 10.9. The molecule has 0 bridgehead atoms. The standard InChI is InChI=1S/C34H36O3/c1-33(2)19-23(20-34(3,4)21-33)25-9-7-8-10-26(25)27-15-16-31(35)30-18-32(37-6)28(17-29(27)30)22-11-13-24(36-5)14-12-22/h7-19,35H,20-21H2,1-6H3. The van der Waals surface area contributed by atoms with Crippen molar-refractivity contribution in [2.45, 2.75) is 40.5 Å². The summed E-state index contributed by atoms with van der Waals surface area (Å²) in [6.07, 6.45) is 4.67. The van der Waals surface area contributed by atoms with Crippen molar-refractivity contribution >= 4 is 16.3 Å². The second-order valence-electron chi connectivity index (χ2n) is 11.7. The van der Waals surface area contributed by atoms with E-state index in [0.29, 0.717) is 0 Å². The van der Waals surface area contributed by atoms with Gasteiger partial charge in [0.05, 0.1) is 14.2 Å². The van der Waals surface area contributed by atoms with Crippen molar-refractivity contribution in [3.63, 3.8) is 0 Å². The molecule has 1 N–H and O–H groups in total. The number of benzene rings is 4. The van der Waals surface area contributed by atoms with E-state index in [9.17, 15) is 5.11 Å². The first-order chi connectivity index (χ1) is 17.6. The second-order valence-corrected chi connectivity index (χ2v) is 11.7. The van der Waals surface area contributed by atoms with Crippen LogP contribution in [0.25, 0.3) is 38.6 Å². The molecule has 0 unspecified atom stereocenters. The number of ether oxygens (including phenoxy) is 2. The molecule has 0 radical (unpaired) electrons. The molecule has 0 aromatic heterocycles. The van der Waals surface area contributed by atoms with Crippen LogP contribution in [0, 0.1) is 10.8 Å². The van der Waals surface area contributed by atoms with E-state index in [2.05, 4.69) is 64.1 Å². The van der Waals surface area contributed by atoms with Crippen molar-refractivity contribution in [2.75, 3.05) is 14.2 Å². The monoisotopic (exact) mass is 492 g/mol. The summed E-state index contributed by atoms with van der Waals surface area (Å²) in [5, 5.41) is 12.6. The predicted molar refractivity (Wildman–Crippen MR) is 154 cm³/mol. The molecule has 0 spiro atoms. The first-order valence-electron chi connectivity index (χ1n) is 12.9.